The lowest BCUT2D eigenvalue weighted by molar-refractivity contribution is -0.127. The summed E-state index contributed by atoms with van der Waals surface area (Å²) < 4.78 is 0. The van der Waals surface area contributed by atoms with Crippen molar-refractivity contribution in [1.82, 2.24) is 15.5 Å². The van der Waals surface area contributed by atoms with E-state index in [1.165, 1.54) is 0 Å². The molecule has 1 heterocycles. The maximum absolute atomic E-state index is 12.1. The lowest BCUT2D eigenvalue weighted by Gasteiger charge is -2.35. The van der Waals surface area contributed by atoms with Crippen molar-refractivity contribution in [3.63, 3.8) is 0 Å². The molecular formula is C13H27N3O. The summed E-state index contributed by atoms with van der Waals surface area (Å²) in [6.45, 7) is 11.3. The Balaban J connectivity index is 2.45. The maximum Gasteiger partial charge on any atom is 0.237 e. The third-order valence-electron chi connectivity index (χ3n) is 3.66. The number of hydrogen-bond acceptors (Lipinski definition) is 3. The normalized spacial score (nSPS) is 23.7. The zero-order chi connectivity index (χ0) is 12.8. The summed E-state index contributed by atoms with van der Waals surface area (Å²) in [5.74, 6) is 0.174. The van der Waals surface area contributed by atoms with Gasteiger partial charge >= 0.3 is 0 Å². The predicted molar refractivity (Wildman–Crippen MR) is 71.0 cm³/mol. The van der Waals surface area contributed by atoms with E-state index in [4.69, 9.17) is 0 Å². The molecular weight excluding hydrogens is 214 g/mol. The highest BCUT2D eigenvalue weighted by atomic mass is 16.2. The van der Waals surface area contributed by atoms with Crippen molar-refractivity contribution in [2.24, 2.45) is 0 Å². The van der Waals surface area contributed by atoms with E-state index in [9.17, 15) is 4.79 Å². The average molecular weight is 241 g/mol. The molecule has 17 heavy (non-hydrogen) atoms. The fraction of sp³-hybridized carbons (Fsp3) is 0.923. The molecule has 0 spiro atoms. The van der Waals surface area contributed by atoms with Gasteiger partial charge in [-0.25, -0.2) is 0 Å². The number of carbonyl (C=O) groups excluding carboxylic acids is 1. The van der Waals surface area contributed by atoms with Crippen LogP contribution in [0, 0.1) is 0 Å². The minimum Gasteiger partial charge on any atom is -0.352 e. The molecule has 4 nitrogen and oxygen atoms in total. The van der Waals surface area contributed by atoms with Crippen LogP contribution in [-0.4, -0.2) is 48.6 Å². The zero-order valence-electron chi connectivity index (χ0n) is 11.6. The summed E-state index contributed by atoms with van der Waals surface area (Å²) in [5, 5.41) is 6.52. The van der Waals surface area contributed by atoms with Crippen LogP contribution in [0.2, 0.25) is 0 Å². The molecule has 0 saturated carbocycles. The van der Waals surface area contributed by atoms with Crippen molar-refractivity contribution in [3.05, 3.63) is 0 Å². The van der Waals surface area contributed by atoms with Gasteiger partial charge in [0.05, 0.1) is 6.04 Å². The quantitative estimate of drug-likeness (QED) is 0.754. The van der Waals surface area contributed by atoms with E-state index in [0.717, 1.165) is 32.5 Å². The SMILES string of the molecule is CCC(CC)NC(=O)C(C)N1CCNC(C)C1. The predicted octanol–water partition coefficient (Wildman–Crippen LogP) is 0.973. The van der Waals surface area contributed by atoms with E-state index in [-0.39, 0.29) is 11.9 Å². The maximum atomic E-state index is 12.1. The summed E-state index contributed by atoms with van der Waals surface area (Å²) in [6.07, 6.45) is 2.01. The smallest absolute Gasteiger partial charge is 0.237 e. The van der Waals surface area contributed by atoms with Gasteiger partial charge in [0.25, 0.3) is 0 Å². The summed E-state index contributed by atoms with van der Waals surface area (Å²) >= 11 is 0. The van der Waals surface area contributed by atoms with Crippen molar-refractivity contribution in [2.45, 2.75) is 58.7 Å². The van der Waals surface area contributed by atoms with Crippen molar-refractivity contribution in [1.29, 1.82) is 0 Å². The first-order valence-corrected chi connectivity index (χ1v) is 6.86. The first-order chi connectivity index (χ1) is 8.08. The molecule has 0 aromatic carbocycles. The second-order valence-electron chi connectivity index (χ2n) is 5.05. The van der Waals surface area contributed by atoms with Gasteiger partial charge in [-0.2, -0.15) is 0 Å². The minimum absolute atomic E-state index is 0.0138. The van der Waals surface area contributed by atoms with Crippen molar-refractivity contribution >= 4 is 5.91 Å². The van der Waals surface area contributed by atoms with E-state index < -0.39 is 0 Å². The molecule has 0 radical (unpaired) electrons. The van der Waals surface area contributed by atoms with Crippen LogP contribution in [0.25, 0.3) is 0 Å². The first kappa shape index (κ1) is 14.5. The highest BCUT2D eigenvalue weighted by molar-refractivity contribution is 5.81. The van der Waals surface area contributed by atoms with Gasteiger partial charge in [0.2, 0.25) is 5.91 Å². The molecule has 1 rings (SSSR count). The lowest BCUT2D eigenvalue weighted by atomic mass is 10.1. The van der Waals surface area contributed by atoms with Gasteiger partial charge < -0.3 is 10.6 Å². The summed E-state index contributed by atoms with van der Waals surface area (Å²) in [5.41, 5.74) is 0. The van der Waals surface area contributed by atoms with Crippen molar-refractivity contribution in [3.8, 4) is 0 Å². The van der Waals surface area contributed by atoms with Gasteiger partial charge in [0.1, 0.15) is 0 Å². The molecule has 0 bridgehead atoms. The number of rotatable bonds is 5. The van der Waals surface area contributed by atoms with E-state index in [2.05, 4.69) is 36.3 Å². The Morgan fingerprint density at radius 3 is 2.65 bits per heavy atom. The number of piperazine rings is 1. The molecule has 2 unspecified atom stereocenters. The Morgan fingerprint density at radius 2 is 2.12 bits per heavy atom. The summed E-state index contributed by atoms with van der Waals surface area (Å²) in [4.78, 5) is 14.4. The van der Waals surface area contributed by atoms with Crippen LogP contribution < -0.4 is 10.6 Å². The Labute approximate surface area is 105 Å². The minimum atomic E-state index is -0.0138. The van der Waals surface area contributed by atoms with Gasteiger partial charge in [0.15, 0.2) is 0 Å². The average Bonchev–Trinajstić information content (AvgIpc) is 2.34. The number of nitrogens with zero attached hydrogens (tertiary/aromatic N) is 1. The van der Waals surface area contributed by atoms with Crippen LogP contribution in [0.5, 0.6) is 0 Å². The second-order valence-corrected chi connectivity index (χ2v) is 5.05. The van der Waals surface area contributed by atoms with Gasteiger partial charge in [-0.1, -0.05) is 13.8 Å². The Bertz CT molecular complexity index is 241. The van der Waals surface area contributed by atoms with E-state index in [1.54, 1.807) is 0 Å². The molecule has 0 aromatic rings. The second kappa shape index (κ2) is 6.97. The van der Waals surface area contributed by atoms with E-state index >= 15 is 0 Å². The molecule has 4 heteroatoms. The first-order valence-electron chi connectivity index (χ1n) is 6.86. The van der Waals surface area contributed by atoms with Crippen molar-refractivity contribution < 1.29 is 4.79 Å². The third kappa shape index (κ3) is 4.28. The molecule has 1 aliphatic rings. The molecule has 1 aliphatic heterocycles. The van der Waals surface area contributed by atoms with Crippen LogP contribution in [0.15, 0.2) is 0 Å². The Kier molecular flexibility index (Phi) is 5.92. The van der Waals surface area contributed by atoms with Crippen LogP contribution in [-0.2, 0) is 4.79 Å². The van der Waals surface area contributed by atoms with Crippen molar-refractivity contribution in [2.75, 3.05) is 19.6 Å². The zero-order valence-corrected chi connectivity index (χ0v) is 11.6. The van der Waals surface area contributed by atoms with Crippen LogP contribution in [0.4, 0.5) is 0 Å². The Hall–Kier alpha value is -0.610. The van der Waals surface area contributed by atoms with Crippen LogP contribution >= 0.6 is 0 Å². The fourth-order valence-electron chi connectivity index (χ4n) is 2.29. The van der Waals surface area contributed by atoms with Crippen LogP contribution in [0.1, 0.15) is 40.5 Å². The van der Waals surface area contributed by atoms with Gasteiger partial charge in [-0.3, -0.25) is 9.69 Å². The van der Waals surface area contributed by atoms with Gasteiger partial charge in [0, 0.05) is 31.7 Å². The topological polar surface area (TPSA) is 44.4 Å². The molecule has 1 amide bonds. The number of hydrogen-bond donors (Lipinski definition) is 2. The molecule has 1 fully saturated rings. The molecule has 1 saturated heterocycles. The number of carbonyl (C=O) groups is 1. The Morgan fingerprint density at radius 1 is 1.47 bits per heavy atom. The monoisotopic (exact) mass is 241 g/mol. The molecule has 0 aromatic heterocycles. The molecule has 100 valence electrons. The largest absolute Gasteiger partial charge is 0.352 e. The molecule has 2 atom stereocenters. The molecule has 0 aliphatic carbocycles. The summed E-state index contributed by atoms with van der Waals surface area (Å²) in [6, 6.07) is 0.789. The third-order valence-corrected chi connectivity index (χ3v) is 3.66. The summed E-state index contributed by atoms with van der Waals surface area (Å²) in [7, 11) is 0. The van der Waals surface area contributed by atoms with Crippen LogP contribution in [0.3, 0.4) is 0 Å². The number of nitrogens with one attached hydrogen (secondary N) is 2. The fourth-order valence-corrected chi connectivity index (χ4v) is 2.29. The van der Waals surface area contributed by atoms with Gasteiger partial charge in [-0.05, 0) is 26.7 Å². The van der Waals surface area contributed by atoms with Gasteiger partial charge in [-0.15, -0.1) is 0 Å². The van der Waals surface area contributed by atoms with E-state index in [0.29, 0.717) is 12.1 Å². The highest BCUT2D eigenvalue weighted by Gasteiger charge is 2.25. The lowest BCUT2D eigenvalue weighted by Crippen LogP contribution is -2.56. The van der Waals surface area contributed by atoms with E-state index in [1.807, 2.05) is 6.92 Å². The highest BCUT2D eigenvalue weighted by Crippen LogP contribution is 2.06. The number of amides is 1. The molecule has 2 N–H and O–H groups in total. The standard InChI is InChI=1S/C13H27N3O/c1-5-12(6-2)15-13(17)11(4)16-8-7-14-10(3)9-16/h10-12,14H,5-9H2,1-4H3,(H,15,17).